The van der Waals surface area contributed by atoms with Crippen LogP contribution in [0.5, 0.6) is 0 Å². The lowest BCUT2D eigenvalue weighted by atomic mass is 9.92. The highest BCUT2D eigenvalue weighted by molar-refractivity contribution is 5.90. The third-order valence-electron chi connectivity index (χ3n) is 4.59. The summed E-state index contributed by atoms with van der Waals surface area (Å²) in [6.07, 6.45) is 7.19. The van der Waals surface area contributed by atoms with E-state index in [1.807, 2.05) is 36.4 Å². The molecule has 2 N–H and O–H groups in total. The van der Waals surface area contributed by atoms with Gasteiger partial charge in [0, 0.05) is 23.3 Å². The third kappa shape index (κ3) is 2.95. The van der Waals surface area contributed by atoms with Crippen LogP contribution in [0.2, 0.25) is 0 Å². The number of fused-ring (bicyclic) bond motifs is 1. The largest absolute Gasteiger partial charge is 0.391 e. The number of benzene rings is 1. The molecule has 1 aliphatic rings. The number of hydrogen-bond acceptors (Lipinski definition) is 5. The molecule has 0 radical (unpaired) electrons. The van der Waals surface area contributed by atoms with Gasteiger partial charge < -0.3 is 10.4 Å². The summed E-state index contributed by atoms with van der Waals surface area (Å²) in [6.45, 7) is 0. The number of para-hydroxylation sites is 1. The van der Waals surface area contributed by atoms with E-state index in [1.54, 1.807) is 12.4 Å². The zero-order chi connectivity index (χ0) is 16.4. The average molecular weight is 320 g/mol. The fourth-order valence-corrected chi connectivity index (χ4v) is 3.27. The Morgan fingerprint density at radius 3 is 2.58 bits per heavy atom. The van der Waals surface area contributed by atoms with Crippen molar-refractivity contribution < 1.29 is 5.11 Å². The summed E-state index contributed by atoms with van der Waals surface area (Å²) >= 11 is 0. The van der Waals surface area contributed by atoms with Crippen molar-refractivity contribution in [3.8, 4) is 11.4 Å². The summed E-state index contributed by atoms with van der Waals surface area (Å²) in [5.41, 5.74) is 1.83. The Hall–Kier alpha value is -2.53. The van der Waals surface area contributed by atoms with E-state index in [-0.39, 0.29) is 12.1 Å². The van der Waals surface area contributed by atoms with Gasteiger partial charge in [-0.05, 0) is 37.1 Å². The Morgan fingerprint density at radius 1 is 0.958 bits per heavy atom. The highest BCUT2D eigenvalue weighted by Crippen LogP contribution is 2.28. The van der Waals surface area contributed by atoms with Crippen LogP contribution in [0, 0.1) is 0 Å². The fraction of sp³-hybridized carbons (Fsp3) is 0.316. The van der Waals surface area contributed by atoms with Crippen LogP contribution in [0.1, 0.15) is 25.7 Å². The Labute approximate surface area is 140 Å². The molecule has 0 amide bonds. The molecular weight excluding hydrogens is 300 g/mol. The molecule has 1 fully saturated rings. The molecule has 24 heavy (non-hydrogen) atoms. The number of pyridine rings is 1. The summed E-state index contributed by atoms with van der Waals surface area (Å²) < 4.78 is 0. The van der Waals surface area contributed by atoms with Crippen molar-refractivity contribution in [2.45, 2.75) is 37.8 Å². The molecule has 1 aliphatic carbocycles. The molecule has 5 nitrogen and oxygen atoms in total. The topological polar surface area (TPSA) is 70.9 Å². The smallest absolute Gasteiger partial charge is 0.162 e. The number of nitrogens with one attached hydrogen (secondary N) is 1. The van der Waals surface area contributed by atoms with Crippen LogP contribution in [0.4, 0.5) is 5.82 Å². The predicted molar refractivity (Wildman–Crippen MR) is 94.7 cm³/mol. The first-order valence-corrected chi connectivity index (χ1v) is 8.43. The molecule has 5 heteroatoms. The molecule has 2 heterocycles. The van der Waals surface area contributed by atoms with Crippen LogP contribution >= 0.6 is 0 Å². The second-order valence-electron chi connectivity index (χ2n) is 6.25. The minimum Gasteiger partial charge on any atom is -0.391 e. The van der Waals surface area contributed by atoms with E-state index >= 15 is 0 Å². The van der Waals surface area contributed by atoms with Crippen LogP contribution in [-0.2, 0) is 0 Å². The van der Waals surface area contributed by atoms with E-state index in [0.29, 0.717) is 5.82 Å². The van der Waals surface area contributed by atoms with Crippen LogP contribution < -0.4 is 5.32 Å². The Bertz CT molecular complexity index is 837. The van der Waals surface area contributed by atoms with Crippen molar-refractivity contribution in [2.24, 2.45) is 0 Å². The van der Waals surface area contributed by atoms with Gasteiger partial charge in [0.2, 0.25) is 0 Å². The second-order valence-corrected chi connectivity index (χ2v) is 6.25. The first-order valence-electron chi connectivity index (χ1n) is 8.43. The fourth-order valence-electron chi connectivity index (χ4n) is 3.27. The van der Waals surface area contributed by atoms with E-state index in [9.17, 15) is 5.11 Å². The summed E-state index contributed by atoms with van der Waals surface area (Å²) in [5, 5.41) is 14.7. The van der Waals surface area contributed by atoms with Crippen LogP contribution in [0.3, 0.4) is 0 Å². The van der Waals surface area contributed by atoms with Gasteiger partial charge in [0.25, 0.3) is 0 Å². The number of nitrogens with zero attached hydrogens (tertiary/aromatic N) is 3. The van der Waals surface area contributed by atoms with Gasteiger partial charge in [-0.2, -0.15) is 0 Å². The molecule has 3 aromatic rings. The molecule has 2 aromatic heterocycles. The van der Waals surface area contributed by atoms with Gasteiger partial charge in [-0.1, -0.05) is 25.0 Å². The standard InChI is InChI=1S/C19H20N4O/c24-17-8-4-3-7-16(17)22-19-14-5-1-2-6-15(14)21-18(23-19)13-9-11-20-12-10-13/h1-2,5-6,9-12,16-17,24H,3-4,7-8H2,(H,21,22,23). The van der Waals surface area contributed by atoms with Crippen molar-refractivity contribution in [2.75, 3.05) is 5.32 Å². The Balaban J connectivity index is 1.78. The number of aliphatic hydroxyl groups excluding tert-OH is 1. The molecule has 2 unspecified atom stereocenters. The molecule has 0 saturated heterocycles. The third-order valence-corrected chi connectivity index (χ3v) is 4.59. The minimum absolute atomic E-state index is 0.0438. The number of hydrogen-bond donors (Lipinski definition) is 2. The van der Waals surface area contributed by atoms with Crippen molar-refractivity contribution in [3.05, 3.63) is 48.8 Å². The van der Waals surface area contributed by atoms with E-state index in [4.69, 9.17) is 4.98 Å². The Kier molecular flexibility index (Phi) is 4.09. The average Bonchev–Trinajstić information content (AvgIpc) is 2.64. The first kappa shape index (κ1) is 15.0. The highest BCUT2D eigenvalue weighted by atomic mass is 16.3. The van der Waals surface area contributed by atoms with Gasteiger partial charge >= 0.3 is 0 Å². The van der Waals surface area contributed by atoms with Gasteiger partial charge in [-0.3, -0.25) is 4.98 Å². The van der Waals surface area contributed by atoms with E-state index in [0.717, 1.165) is 48.0 Å². The Morgan fingerprint density at radius 2 is 1.75 bits per heavy atom. The minimum atomic E-state index is -0.322. The van der Waals surface area contributed by atoms with E-state index < -0.39 is 0 Å². The van der Waals surface area contributed by atoms with Crippen molar-refractivity contribution >= 4 is 16.7 Å². The molecule has 1 aromatic carbocycles. The molecule has 2 atom stereocenters. The summed E-state index contributed by atoms with van der Waals surface area (Å²) in [6, 6.07) is 11.8. The number of rotatable bonds is 3. The van der Waals surface area contributed by atoms with Gasteiger partial charge in [-0.15, -0.1) is 0 Å². The maximum atomic E-state index is 10.3. The molecule has 0 spiro atoms. The van der Waals surface area contributed by atoms with Gasteiger partial charge in [0.1, 0.15) is 5.82 Å². The van der Waals surface area contributed by atoms with Crippen LogP contribution in [-0.4, -0.2) is 32.2 Å². The quantitative estimate of drug-likeness (QED) is 0.774. The van der Waals surface area contributed by atoms with Crippen molar-refractivity contribution in [1.82, 2.24) is 15.0 Å². The van der Waals surface area contributed by atoms with Gasteiger partial charge in [-0.25, -0.2) is 9.97 Å². The maximum Gasteiger partial charge on any atom is 0.162 e. The lowest BCUT2D eigenvalue weighted by Crippen LogP contribution is -2.36. The van der Waals surface area contributed by atoms with E-state index in [1.165, 1.54) is 0 Å². The lowest BCUT2D eigenvalue weighted by molar-refractivity contribution is 0.116. The zero-order valence-corrected chi connectivity index (χ0v) is 13.4. The van der Waals surface area contributed by atoms with Crippen LogP contribution in [0.25, 0.3) is 22.3 Å². The van der Waals surface area contributed by atoms with E-state index in [2.05, 4.69) is 15.3 Å². The molecule has 4 rings (SSSR count). The summed E-state index contributed by atoms with van der Waals surface area (Å²) in [5.74, 6) is 1.46. The molecule has 1 saturated carbocycles. The predicted octanol–water partition coefficient (Wildman–Crippen LogP) is 3.41. The SMILES string of the molecule is OC1CCCCC1Nc1nc(-c2ccncc2)nc2ccccc12. The monoisotopic (exact) mass is 320 g/mol. The van der Waals surface area contributed by atoms with Crippen molar-refractivity contribution in [3.63, 3.8) is 0 Å². The highest BCUT2D eigenvalue weighted by Gasteiger charge is 2.24. The maximum absolute atomic E-state index is 10.3. The number of aromatic nitrogens is 3. The van der Waals surface area contributed by atoms with Gasteiger partial charge in [0.15, 0.2) is 5.82 Å². The van der Waals surface area contributed by atoms with Gasteiger partial charge in [0.05, 0.1) is 17.7 Å². The second kappa shape index (κ2) is 6.53. The normalized spacial score (nSPS) is 20.9. The lowest BCUT2D eigenvalue weighted by Gasteiger charge is -2.29. The number of aliphatic hydroxyl groups is 1. The van der Waals surface area contributed by atoms with Crippen molar-refractivity contribution in [1.29, 1.82) is 0 Å². The molecular formula is C19H20N4O. The summed E-state index contributed by atoms with van der Waals surface area (Å²) in [7, 11) is 0. The zero-order valence-electron chi connectivity index (χ0n) is 13.4. The molecule has 0 aliphatic heterocycles. The van der Waals surface area contributed by atoms with Crippen LogP contribution in [0.15, 0.2) is 48.8 Å². The molecule has 122 valence electrons. The number of anilines is 1. The first-order chi connectivity index (χ1) is 11.8. The summed E-state index contributed by atoms with van der Waals surface area (Å²) in [4.78, 5) is 13.5. The molecule has 0 bridgehead atoms.